The molecule has 0 unspecified atom stereocenters. The average molecular weight is 424 g/mol. The predicted molar refractivity (Wildman–Crippen MR) is 108 cm³/mol. The Hall–Kier alpha value is -2.49. The van der Waals surface area contributed by atoms with E-state index >= 15 is 0 Å². The minimum Gasteiger partial charge on any atom is -0.480 e. The van der Waals surface area contributed by atoms with E-state index in [-0.39, 0.29) is 23.7 Å². The molecule has 2 aromatic rings. The van der Waals surface area contributed by atoms with Gasteiger partial charge in [0.2, 0.25) is 0 Å². The monoisotopic (exact) mass is 424 g/mol. The number of aliphatic hydroxyl groups is 1. The Morgan fingerprint density at radius 1 is 1.14 bits per heavy atom. The number of carbonyl (C=O) groups is 1. The highest BCUT2D eigenvalue weighted by Gasteiger charge is 2.28. The summed E-state index contributed by atoms with van der Waals surface area (Å²) in [7, 11) is -4.03. The van der Waals surface area contributed by atoms with Crippen LogP contribution in [0.25, 0.3) is 0 Å². The Bertz CT molecular complexity index is 917. The van der Waals surface area contributed by atoms with Gasteiger partial charge in [-0.15, -0.1) is 0 Å². The quantitative estimate of drug-likeness (QED) is 0.540. The second-order valence-electron chi connectivity index (χ2n) is 6.69. The molecule has 2 rings (SSSR count). The lowest BCUT2D eigenvalue weighted by Gasteiger charge is -2.27. The van der Waals surface area contributed by atoms with Crippen LogP contribution in [0.5, 0.6) is 0 Å². The number of aliphatic hydroxyl groups excluding tert-OH is 1. The van der Waals surface area contributed by atoms with E-state index in [0.717, 1.165) is 22.0 Å². The summed E-state index contributed by atoms with van der Waals surface area (Å²) in [6.45, 7) is 3.07. The van der Waals surface area contributed by atoms with Crippen molar-refractivity contribution in [3.8, 4) is 0 Å². The van der Waals surface area contributed by atoms with Gasteiger partial charge < -0.3 is 15.5 Å². The van der Waals surface area contributed by atoms with Gasteiger partial charge in [-0.3, -0.25) is 9.10 Å². The van der Waals surface area contributed by atoms with Crippen molar-refractivity contribution < 1.29 is 27.8 Å². The van der Waals surface area contributed by atoms with Crippen LogP contribution >= 0.6 is 0 Å². The first-order valence-corrected chi connectivity index (χ1v) is 10.6. The van der Waals surface area contributed by atoms with Gasteiger partial charge in [-0.1, -0.05) is 24.6 Å². The number of halogens is 1. The van der Waals surface area contributed by atoms with Crippen LogP contribution in [-0.4, -0.2) is 49.8 Å². The smallest absolute Gasteiger partial charge is 0.320 e. The number of aryl methyl sites for hydroxylation is 1. The van der Waals surface area contributed by atoms with E-state index in [1.807, 2.05) is 6.92 Å². The Morgan fingerprint density at radius 3 is 2.24 bits per heavy atom. The number of benzene rings is 2. The molecule has 0 aliphatic heterocycles. The summed E-state index contributed by atoms with van der Waals surface area (Å²) in [5, 5.41) is 22.2. The molecule has 2 atom stereocenters. The number of hydrogen-bond acceptors (Lipinski definition) is 5. The van der Waals surface area contributed by atoms with E-state index in [0.29, 0.717) is 6.42 Å². The molecule has 7 nitrogen and oxygen atoms in total. The summed E-state index contributed by atoms with van der Waals surface area (Å²) in [4.78, 5) is 11.1. The number of carboxylic acid groups (broad SMARTS) is 1. The largest absolute Gasteiger partial charge is 0.480 e. The Balaban J connectivity index is 2.29. The maximum atomic E-state index is 13.3. The van der Waals surface area contributed by atoms with E-state index in [1.54, 1.807) is 19.1 Å². The highest BCUT2D eigenvalue weighted by molar-refractivity contribution is 7.92. The van der Waals surface area contributed by atoms with Crippen molar-refractivity contribution in [2.24, 2.45) is 0 Å². The van der Waals surface area contributed by atoms with E-state index < -0.39 is 34.0 Å². The number of nitrogens with one attached hydrogen (secondary N) is 1. The molecule has 3 N–H and O–H groups in total. The van der Waals surface area contributed by atoms with Crippen molar-refractivity contribution >= 4 is 21.7 Å². The minimum atomic E-state index is -4.03. The Kier molecular flexibility index (Phi) is 7.72. The van der Waals surface area contributed by atoms with E-state index in [1.165, 1.54) is 24.3 Å². The summed E-state index contributed by atoms with van der Waals surface area (Å²) in [6.07, 6.45) is -0.876. The zero-order valence-electron chi connectivity index (χ0n) is 16.2. The van der Waals surface area contributed by atoms with Crippen LogP contribution in [0.1, 0.15) is 18.9 Å². The maximum absolute atomic E-state index is 13.3. The summed E-state index contributed by atoms with van der Waals surface area (Å²) in [5.41, 5.74) is 1.08. The SMILES string of the molecule is CC[C@@H](NC[C@H](O)CN(c1ccc(F)cc1)S(=O)(=O)c1ccc(C)cc1)C(=O)O. The van der Waals surface area contributed by atoms with Crippen molar-refractivity contribution in [2.45, 2.75) is 37.3 Å². The van der Waals surface area contributed by atoms with Gasteiger partial charge in [0.15, 0.2) is 0 Å². The second kappa shape index (κ2) is 9.82. The van der Waals surface area contributed by atoms with E-state index in [9.17, 15) is 22.7 Å². The zero-order valence-corrected chi connectivity index (χ0v) is 17.1. The number of hydrogen-bond donors (Lipinski definition) is 3. The number of sulfonamides is 1. The van der Waals surface area contributed by atoms with Crippen molar-refractivity contribution in [3.05, 3.63) is 59.9 Å². The molecular formula is C20H25FN2O5S. The van der Waals surface area contributed by atoms with Gasteiger partial charge in [0.25, 0.3) is 10.0 Å². The fraction of sp³-hybridized carbons (Fsp3) is 0.350. The number of nitrogens with zero attached hydrogens (tertiary/aromatic N) is 1. The first-order chi connectivity index (χ1) is 13.6. The molecule has 0 heterocycles. The first-order valence-electron chi connectivity index (χ1n) is 9.14. The molecule has 0 aromatic heterocycles. The topological polar surface area (TPSA) is 107 Å². The lowest BCUT2D eigenvalue weighted by Crippen LogP contribution is -2.45. The molecule has 0 bridgehead atoms. The zero-order chi connectivity index (χ0) is 21.6. The van der Waals surface area contributed by atoms with Crippen LogP contribution in [0, 0.1) is 12.7 Å². The van der Waals surface area contributed by atoms with E-state index in [2.05, 4.69) is 5.32 Å². The molecule has 0 spiro atoms. The highest BCUT2D eigenvalue weighted by Crippen LogP contribution is 2.24. The lowest BCUT2D eigenvalue weighted by atomic mass is 10.2. The third-order valence-corrected chi connectivity index (χ3v) is 6.21. The molecule has 0 saturated carbocycles. The van der Waals surface area contributed by atoms with Crippen LogP contribution in [0.3, 0.4) is 0 Å². The van der Waals surface area contributed by atoms with Crippen molar-refractivity contribution in [2.75, 3.05) is 17.4 Å². The second-order valence-corrected chi connectivity index (χ2v) is 8.55. The van der Waals surface area contributed by atoms with Gasteiger partial charge in [0.1, 0.15) is 11.9 Å². The number of rotatable bonds is 10. The standard InChI is InChI=1S/C20H25FN2O5S/c1-3-19(20(25)26)22-12-17(24)13-23(16-8-6-15(21)7-9-16)29(27,28)18-10-4-14(2)5-11-18/h4-11,17,19,22,24H,3,12-13H2,1-2H3,(H,25,26)/t17-,19+/m0/s1. The summed E-state index contributed by atoms with van der Waals surface area (Å²) in [5.74, 6) is -1.57. The molecule has 0 radical (unpaired) electrons. The molecule has 0 saturated heterocycles. The van der Waals surface area contributed by atoms with Crippen LogP contribution in [-0.2, 0) is 14.8 Å². The van der Waals surface area contributed by atoms with Crippen LogP contribution < -0.4 is 9.62 Å². The van der Waals surface area contributed by atoms with Gasteiger partial charge in [-0.05, 0) is 49.7 Å². The summed E-state index contributed by atoms with van der Waals surface area (Å²) < 4.78 is 40.7. The van der Waals surface area contributed by atoms with Gasteiger partial charge >= 0.3 is 5.97 Å². The fourth-order valence-electron chi connectivity index (χ4n) is 2.73. The molecule has 29 heavy (non-hydrogen) atoms. The van der Waals surface area contributed by atoms with Gasteiger partial charge in [0.05, 0.1) is 23.2 Å². The molecule has 9 heteroatoms. The summed E-state index contributed by atoms with van der Waals surface area (Å²) >= 11 is 0. The molecule has 0 fully saturated rings. The minimum absolute atomic E-state index is 0.0320. The molecule has 0 amide bonds. The molecule has 0 aliphatic carbocycles. The average Bonchev–Trinajstić information content (AvgIpc) is 2.67. The molecule has 158 valence electrons. The maximum Gasteiger partial charge on any atom is 0.320 e. The highest BCUT2D eigenvalue weighted by atomic mass is 32.2. The number of aliphatic carboxylic acids is 1. The number of anilines is 1. The van der Waals surface area contributed by atoms with Crippen LogP contribution in [0.2, 0.25) is 0 Å². The Morgan fingerprint density at radius 2 is 1.72 bits per heavy atom. The molecule has 0 aliphatic rings. The molecular weight excluding hydrogens is 399 g/mol. The first kappa shape index (κ1) is 22.8. The lowest BCUT2D eigenvalue weighted by molar-refractivity contribution is -0.139. The van der Waals surface area contributed by atoms with Crippen molar-refractivity contribution in [1.29, 1.82) is 0 Å². The number of carboxylic acids is 1. The predicted octanol–water partition coefficient (Wildman–Crippen LogP) is 2.14. The van der Waals surface area contributed by atoms with Gasteiger partial charge in [-0.2, -0.15) is 0 Å². The van der Waals surface area contributed by atoms with Gasteiger partial charge in [-0.25, -0.2) is 12.8 Å². The fourth-order valence-corrected chi connectivity index (χ4v) is 4.23. The van der Waals surface area contributed by atoms with Crippen molar-refractivity contribution in [1.82, 2.24) is 5.32 Å². The molecule has 2 aromatic carbocycles. The third kappa shape index (κ3) is 5.99. The van der Waals surface area contributed by atoms with E-state index in [4.69, 9.17) is 5.11 Å². The normalized spacial score (nSPS) is 13.7. The third-order valence-electron chi connectivity index (χ3n) is 4.41. The van der Waals surface area contributed by atoms with Crippen LogP contribution in [0.15, 0.2) is 53.4 Å². The van der Waals surface area contributed by atoms with Crippen molar-refractivity contribution in [3.63, 3.8) is 0 Å². The van der Waals surface area contributed by atoms with Gasteiger partial charge in [0, 0.05) is 6.54 Å². The van der Waals surface area contributed by atoms with Crippen LogP contribution in [0.4, 0.5) is 10.1 Å². The summed E-state index contributed by atoms with van der Waals surface area (Å²) in [6, 6.07) is 10.3. The Labute approximate surface area is 169 Å².